The highest BCUT2D eigenvalue weighted by Gasteiger charge is 2.37. The first-order chi connectivity index (χ1) is 6.36. The first-order valence-corrected chi connectivity index (χ1v) is 5.74. The lowest BCUT2D eigenvalue weighted by Gasteiger charge is -2.46. The van der Waals surface area contributed by atoms with Gasteiger partial charge in [0.1, 0.15) is 0 Å². The Balaban J connectivity index is 0.000000101. The Morgan fingerprint density at radius 2 is 1.31 bits per heavy atom. The molecule has 70 valence electrons. The molecule has 1 heteroatoms. The van der Waals surface area contributed by atoms with Crippen molar-refractivity contribution in [1.82, 2.24) is 0 Å². The zero-order valence-electron chi connectivity index (χ0n) is 7.95. The van der Waals surface area contributed by atoms with Crippen molar-refractivity contribution in [1.29, 1.82) is 0 Å². The molecule has 0 N–H and O–H groups in total. The van der Waals surface area contributed by atoms with E-state index < -0.39 is 0 Å². The van der Waals surface area contributed by atoms with Crippen molar-refractivity contribution in [2.75, 3.05) is 0 Å². The zero-order valence-corrected chi connectivity index (χ0v) is 9.10. The van der Waals surface area contributed by atoms with E-state index >= 15 is 0 Å². The van der Waals surface area contributed by atoms with Gasteiger partial charge >= 0.3 is 0 Å². The molecule has 0 nitrogen and oxygen atoms in total. The van der Waals surface area contributed by atoms with Crippen LogP contribution in [0.4, 0.5) is 0 Å². The monoisotopic (exact) mass is 192 g/mol. The van der Waals surface area contributed by atoms with E-state index in [9.17, 15) is 0 Å². The molecule has 1 aromatic carbocycles. The fourth-order valence-electron chi connectivity index (χ4n) is 2.02. The van der Waals surface area contributed by atoms with E-state index in [1.165, 1.54) is 17.1 Å². The van der Waals surface area contributed by atoms with Gasteiger partial charge in [-0.05, 0) is 42.8 Å². The number of hydrogen-bond acceptors (Lipinski definition) is 0. The van der Waals surface area contributed by atoms with Crippen LogP contribution in [0, 0.1) is 11.8 Å². The van der Waals surface area contributed by atoms with Crippen LogP contribution in [0.3, 0.4) is 0 Å². The van der Waals surface area contributed by atoms with E-state index in [4.69, 9.17) is 0 Å². The minimum atomic E-state index is 1.21. The lowest BCUT2D eigenvalue weighted by molar-refractivity contribution is 0.0548. The molecule has 0 aliphatic heterocycles. The van der Waals surface area contributed by atoms with Gasteiger partial charge in [0.25, 0.3) is 0 Å². The fourth-order valence-corrected chi connectivity index (χ4v) is 2.24. The summed E-state index contributed by atoms with van der Waals surface area (Å²) < 4.78 is 0. The molecule has 3 rings (SSSR count). The molecule has 1 aromatic rings. The minimum absolute atomic E-state index is 1.21. The molecular weight excluding hydrogens is 175 g/mol. The molecule has 2 saturated carbocycles. The Bertz CT molecular complexity index is 237. The van der Waals surface area contributed by atoms with Gasteiger partial charge in [0, 0.05) is 0 Å². The van der Waals surface area contributed by atoms with Crippen molar-refractivity contribution < 1.29 is 0 Å². The Morgan fingerprint density at radius 3 is 1.46 bits per heavy atom. The van der Waals surface area contributed by atoms with Gasteiger partial charge < -0.3 is 0 Å². The largest absolute Gasteiger partial charge is 0.106 e. The van der Waals surface area contributed by atoms with Crippen LogP contribution in [0.1, 0.15) is 25.7 Å². The lowest BCUT2D eigenvalue weighted by Crippen LogP contribution is -2.34. The smallest absolute Gasteiger partial charge is 0.0303 e. The van der Waals surface area contributed by atoms with Gasteiger partial charge in [0.05, 0.1) is 0 Å². The van der Waals surface area contributed by atoms with E-state index in [1.807, 2.05) is 30.3 Å². The third-order valence-electron chi connectivity index (χ3n) is 3.28. The normalized spacial score (nSPS) is 28.7. The first kappa shape index (κ1) is 9.21. The van der Waals surface area contributed by atoms with Gasteiger partial charge in [-0.3, -0.25) is 0 Å². The summed E-state index contributed by atoms with van der Waals surface area (Å²) in [6.07, 6.45) is 6.24. The quantitative estimate of drug-likeness (QED) is 0.554. The second-order valence-electron chi connectivity index (χ2n) is 4.09. The average Bonchev–Trinajstić information content (AvgIpc) is 2.14. The Kier molecular flexibility index (Phi) is 3.01. The van der Waals surface area contributed by atoms with E-state index in [-0.39, 0.29) is 0 Å². The maximum Gasteiger partial charge on any atom is -0.0303 e. The van der Waals surface area contributed by atoms with Gasteiger partial charge in [-0.15, -0.1) is 9.24 Å². The molecule has 0 spiro atoms. The van der Waals surface area contributed by atoms with Crippen LogP contribution in [-0.2, 0) is 0 Å². The third kappa shape index (κ3) is 2.31. The predicted molar refractivity (Wildman–Crippen MR) is 61.2 cm³/mol. The molecule has 13 heavy (non-hydrogen) atoms. The van der Waals surface area contributed by atoms with Crippen molar-refractivity contribution in [2.24, 2.45) is 11.8 Å². The van der Waals surface area contributed by atoms with Crippen LogP contribution in [0.25, 0.3) is 0 Å². The second-order valence-corrected chi connectivity index (χ2v) is 4.75. The summed E-state index contributed by atoms with van der Waals surface area (Å²) in [6, 6.07) is 10.1. The molecule has 2 aliphatic carbocycles. The van der Waals surface area contributed by atoms with Crippen molar-refractivity contribution in [3.63, 3.8) is 0 Å². The average molecular weight is 192 g/mol. The van der Waals surface area contributed by atoms with Crippen molar-refractivity contribution >= 4 is 14.5 Å². The Labute approximate surface area is 82.9 Å². The molecule has 0 radical (unpaired) electrons. The van der Waals surface area contributed by atoms with E-state index in [2.05, 4.69) is 9.24 Å². The summed E-state index contributed by atoms with van der Waals surface area (Å²) in [5.41, 5.74) is 0. The highest BCUT2D eigenvalue weighted by molar-refractivity contribution is 7.27. The highest BCUT2D eigenvalue weighted by Crippen LogP contribution is 2.49. The van der Waals surface area contributed by atoms with Crippen molar-refractivity contribution in [3.05, 3.63) is 30.3 Å². The lowest BCUT2D eigenvalue weighted by atomic mass is 9.60. The van der Waals surface area contributed by atoms with E-state index in [0.29, 0.717) is 0 Å². The van der Waals surface area contributed by atoms with Crippen LogP contribution < -0.4 is 5.30 Å². The Morgan fingerprint density at radius 1 is 0.846 bits per heavy atom. The molecule has 0 saturated heterocycles. The van der Waals surface area contributed by atoms with Gasteiger partial charge in [0.2, 0.25) is 0 Å². The van der Waals surface area contributed by atoms with Crippen molar-refractivity contribution in [2.45, 2.75) is 25.7 Å². The van der Waals surface area contributed by atoms with Crippen LogP contribution in [0.15, 0.2) is 30.3 Å². The minimum Gasteiger partial charge on any atom is -0.106 e. The molecule has 0 aromatic heterocycles. The summed E-state index contributed by atoms with van der Waals surface area (Å²) >= 11 is 0. The fraction of sp³-hybridized carbons (Fsp3) is 0.500. The van der Waals surface area contributed by atoms with Crippen molar-refractivity contribution in [3.8, 4) is 0 Å². The molecule has 0 bridgehead atoms. The Hall–Kier alpha value is -0.350. The van der Waals surface area contributed by atoms with E-state index in [0.717, 1.165) is 0 Å². The topological polar surface area (TPSA) is 0 Å². The summed E-state index contributed by atoms with van der Waals surface area (Å²) in [7, 11) is 2.63. The molecule has 1 atom stereocenters. The van der Waals surface area contributed by atoms with Gasteiger partial charge in [-0.25, -0.2) is 0 Å². The number of rotatable bonds is 0. The van der Waals surface area contributed by atoms with Crippen LogP contribution >= 0.6 is 9.24 Å². The zero-order chi connectivity index (χ0) is 9.10. The molecule has 0 heterocycles. The summed E-state index contributed by atoms with van der Waals surface area (Å²) in [5.74, 6) is 2.43. The van der Waals surface area contributed by atoms with Gasteiger partial charge in [-0.2, -0.15) is 0 Å². The molecule has 2 fully saturated rings. The first-order valence-electron chi connectivity index (χ1n) is 5.17. The molecule has 1 unspecified atom stereocenters. The maximum atomic E-state index is 2.63. The van der Waals surface area contributed by atoms with Gasteiger partial charge in [0.15, 0.2) is 0 Å². The standard InChI is InChI=1S/C6H7P.C6H10/c7-6-4-2-1-3-5-6;1-2-6-4-3-5(1)6/h1-5H,7H2;5-6H,1-4H2. The summed E-state index contributed by atoms with van der Waals surface area (Å²) in [6.45, 7) is 0. The second kappa shape index (κ2) is 4.24. The summed E-state index contributed by atoms with van der Waals surface area (Å²) in [5, 5.41) is 1.24. The van der Waals surface area contributed by atoms with Gasteiger partial charge in [-0.1, -0.05) is 30.3 Å². The molecule has 2 aliphatic rings. The SMILES string of the molecule is C1CC2CCC12.Pc1ccccc1. The highest BCUT2D eigenvalue weighted by atomic mass is 31.0. The molecule has 0 amide bonds. The number of fused-ring (bicyclic) bond motifs is 1. The predicted octanol–water partition coefficient (Wildman–Crippen LogP) is 2.99. The number of benzene rings is 1. The third-order valence-corrected chi connectivity index (χ3v) is 3.67. The van der Waals surface area contributed by atoms with Crippen LogP contribution in [0.2, 0.25) is 0 Å². The maximum absolute atomic E-state index is 2.63. The molecular formula is C12H17P. The number of hydrogen-bond donors (Lipinski definition) is 0. The summed E-state index contributed by atoms with van der Waals surface area (Å²) in [4.78, 5) is 0. The van der Waals surface area contributed by atoms with Crippen LogP contribution in [-0.4, -0.2) is 0 Å². The van der Waals surface area contributed by atoms with Crippen LogP contribution in [0.5, 0.6) is 0 Å². The van der Waals surface area contributed by atoms with E-state index in [1.54, 1.807) is 25.7 Å².